The number of hydrogen-bond acceptors (Lipinski definition) is 8. The van der Waals surface area contributed by atoms with Crippen molar-refractivity contribution in [3.63, 3.8) is 0 Å². The van der Waals surface area contributed by atoms with Gasteiger partial charge in [0.2, 0.25) is 0 Å². The third kappa shape index (κ3) is 7.84. The number of ether oxygens (including phenoxy) is 8. The van der Waals surface area contributed by atoms with Gasteiger partial charge in [-0.05, 0) is 37.1 Å². The van der Waals surface area contributed by atoms with Gasteiger partial charge >= 0.3 is 0 Å². The first kappa shape index (κ1) is 32.1. The Labute approximate surface area is 249 Å². The van der Waals surface area contributed by atoms with E-state index < -0.39 is 0 Å². The quantitative estimate of drug-likeness (QED) is 0.160. The van der Waals surface area contributed by atoms with Gasteiger partial charge in [0.05, 0.1) is 67.0 Å². The molecule has 3 aromatic rings. The molecule has 3 aromatic carbocycles. The second kappa shape index (κ2) is 16.1. The fourth-order valence-corrected chi connectivity index (χ4v) is 4.27. The van der Waals surface area contributed by atoms with Crippen molar-refractivity contribution in [2.24, 2.45) is 0 Å². The van der Waals surface area contributed by atoms with Crippen LogP contribution in [0.1, 0.15) is 48.9 Å². The van der Waals surface area contributed by atoms with Gasteiger partial charge in [-0.1, -0.05) is 26.0 Å². The molecular weight excluding hydrogens is 536 g/mol. The van der Waals surface area contributed by atoms with Crippen molar-refractivity contribution in [3.8, 4) is 46.0 Å². The van der Waals surface area contributed by atoms with Crippen molar-refractivity contribution in [1.29, 1.82) is 0 Å². The molecule has 0 saturated heterocycles. The van der Waals surface area contributed by atoms with Crippen molar-refractivity contribution in [2.75, 3.05) is 55.9 Å². The maximum Gasteiger partial charge on any atom is 0.133 e. The highest BCUT2D eigenvalue weighted by Gasteiger charge is 2.15. The SMILES string of the molecule is CCCOc1cc(C=Cc2c(OC)cc(OC)cc2OC)c(OCCC)cc1C=Cc1c(OC)cc(OC)cc1OC. The van der Waals surface area contributed by atoms with Gasteiger partial charge < -0.3 is 37.9 Å². The summed E-state index contributed by atoms with van der Waals surface area (Å²) in [5.74, 6) is 5.23. The molecule has 0 spiro atoms. The summed E-state index contributed by atoms with van der Waals surface area (Å²) < 4.78 is 45.7. The molecule has 0 aliphatic rings. The predicted molar refractivity (Wildman–Crippen MR) is 168 cm³/mol. The van der Waals surface area contributed by atoms with Crippen LogP contribution in [0.25, 0.3) is 24.3 Å². The third-order valence-electron chi connectivity index (χ3n) is 6.43. The van der Waals surface area contributed by atoms with Crippen molar-refractivity contribution in [1.82, 2.24) is 0 Å². The zero-order valence-electron chi connectivity index (χ0n) is 25.9. The monoisotopic (exact) mass is 578 g/mol. The minimum Gasteiger partial charge on any atom is -0.496 e. The number of rotatable bonds is 16. The first-order valence-electron chi connectivity index (χ1n) is 13.9. The van der Waals surface area contributed by atoms with Crippen molar-refractivity contribution in [3.05, 3.63) is 58.7 Å². The van der Waals surface area contributed by atoms with Crippen LogP contribution in [0.4, 0.5) is 0 Å². The molecule has 0 bridgehead atoms. The molecule has 0 aliphatic carbocycles. The maximum atomic E-state index is 6.21. The summed E-state index contributed by atoms with van der Waals surface area (Å²) in [5.41, 5.74) is 3.26. The highest BCUT2D eigenvalue weighted by molar-refractivity contribution is 5.83. The molecule has 8 heteroatoms. The van der Waals surface area contributed by atoms with Crippen LogP contribution in [-0.4, -0.2) is 55.9 Å². The Kier molecular flexibility index (Phi) is 12.3. The van der Waals surface area contributed by atoms with Crippen LogP contribution in [0.2, 0.25) is 0 Å². The summed E-state index contributed by atoms with van der Waals surface area (Å²) in [4.78, 5) is 0. The van der Waals surface area contributed by atoms with Crippen LogP contribution in [-0.2, 0) is 0 Å². The van der Waals surface area contributed by atoms with E-state index in [0.29, 0.717) is 47.7 Å². The van der Waals surface area contributed by atoms with Crippen molar-refractivity contribution < 1.29 is 37.9 Å². The average Bonchev–Trinajstić information content (AvgIpc) is 3.03. The molecule has 42 heavy (non-hydrogen) atoms. The molecule has 8 nitrogen and oxygen atoms in total. The largest absolute Gasteiger partial charge is 0.496 e. The highest BCUT2D eigenvalue weighted by Crippen LogP contribution is 2.39. The van der Waals surface area contributed by atoms with Crippen LogP contribution < -0.4 is 37.9 Å². The summed E-state index contributed by atoms with van der Waals surface area (Å²) in [7, 11) is 9.68. The smallest absolute Gasteiger partial charge is 0.133 e. The molecule has 0 aromatic heterocycles. The molecule has 0 aliphatic heterocycles. The van der Waals surface area contributed by atoms with E-state index in [2.05, 4.69) is 13.8 Å². The van der Waals surface area contributed by atoms with Gasteiger partial charge in [-0.2, -0.15) is 0 Å². The Bertz CT molecular complexity index is 1220. The van der Waals surface area contributed by atoms with E-state index in [1.165, 1.54) is 0 Å². The van der Waals surface area contributed by atoms with E-state index >= 15 is 0 Å². The van der Waals surface area contributed by atoms with Gasteiger partial charge in [0.15, 0.2) is 0 Å². The molecule has 3 rings (SSSR count). The van der Waals surface area contributed by atoms with E-state index in [9.17, 15) is 0 Å². The first-order valence-corrected chi connectivity index (χ1v) is 13.9. The number of methoxy groups -OCH3 is 6. The fourth-order valence-electron chi connectivity index (χ4n) is 4.27. The standard InChI is InChI=1S/C34H42O8/c1-9-15-41-29-17-24(12-14-28-33(39-7)21-26(36-4)22-34(28)40-8)30(42-16-10-2)18-23(29)11-13-27-31(37-5)19-25(35-3)20-32(27)38-6/h11-14,17-22H,9-10,15-16H2,1-8H3. The summed E-state index contributed by atoms with van der Waals surface area (Å²) in [6.45, 7) is 5.28. The Morgan fingerprint density at radius 1 is 0.429 bits per heavy atom. The molecule has 0 saturated carbocycles. The summed E-state index contributed by atoms with van der Waals surface area (Å²) in [6, 6.07) is 11.3. The normalized spacial score (nSPS) is 11.0. The van der Waals surface area contributed by atoms with Crippen LogP contribution in [0.3, 0.4) is 0 Å². The Morgan fingerprint density at radius 3 is 1.02 bits per heavy atom. The molecule has 0 fully saturated rings. The Morgan fingerprint density at radius 2 is 0.762 bits per heavy atom. The maximum absolute atomic E-state index is 6.21. The molecular formula is C34H42O8. The first-order chi connectivity index (χ1) is 20.5. The molecule has 226 valence electrons. The number of hydrogen-bond donors (Lipinski definition) is 0. The topological polar surface area (TPSA) is 73.8 Å². The van der Waals surface area contributed by atoms with E-state index in [0.717, 1.165) is 46.6 Å². The Hall–Kier alpha value is -4.46. The lowest BCUT2D eigenvalue weighted by atomic mass is 10.0. The summed E-state index contributed by atoms with van der Waals surface area (Å²) >= 11 is 0. The van der Waals surface area contributed by atoms with Gasteiger partial charge in [0.25, 0.3) is 0 Å². The molecule has 0 amide bonds. The van der Waals surface area contributed by atoms with Crippen LogP contribution in [0, 0.1) is 0 Å². The predicted octanol–water partition coefficient (Wildman–Crippen LogP) is 7.66. The molecule has 0 radical (unpaired) electrons. The Balaban J connectivity index is 2.14. The van der Waals surface area contributed by atoms with Gasteiger partial charge in [-0.25, -0.2) is 0 Å². The second-order valence-electron chi connectivity index (χ2n) is 9.18. The van der Waals surface area contributed by atoms with E-state index in [1.54, 1.807) is 42.7 Å². The second-order valence-corrected chi connectivity index (χ2v) is 9.18. The van der Waals surface area contributed by atoms with Crippen molar-refractivity contribution >= 4 is 24.3 Å². The average molecular weight is 579 g/mol. The minimum absolute atomic E-state index is 0.564. The van der Waals surface area contributed by atoms with Gasteiger partial charge in [-0.15, -0.1) is 0 Å². The number of benzene rings is 3. The highest BCUT2D eigenvalue weighted by atomic mass is 16.5. The lowest BCUT2D eigenvalue weighted by Crippen LogP contribution is -2.01. The zero-order chi connectivity index (χ0) is 30.5. The minimum atomic E-state index is 0.564. The zero-order valence-corrected chi connectivity index (χ0v) is 25.9. The van der Waals surface area contributed by atoms with Crippen LogP contribution in [0.5, 0.6) is 46.0 Å². The molecule has 0 unspecified atom stereocenters. The van der Waals surface area contributed by atoms with E-state index in [-0.39, 0.29) is 0 Å². The van der Waals surface area contributed by atoms with Crippen LogP contribution in [0.15, 0.2) is 36.4 Å². The fraction of sp³-hybridized carbons (Fsp3) is 0.353. The lowest BCUT2D eigenvalue weighted by molar-refractivity contribution is 0.307. The van der Waals surface area contributed by atoms with Gasteiger partial charge in [0.1, 0.15) is 46.0 Å². The molecule has 0 atom stereocenters. The van der Waals surface area contributed by atoms with Gasteiger partial charge in [0, 0.05) is 35.4 Å². The summed E-state index contributed by atoms with van der Waals surface area (Å²) in [5, 5.41) is 0. The van der Waals surface area contributed by atoms with Crippen LogP contribution >= 0.6 is 0 Å². The molecule has 0 heterocycles. The molecule has 0 N–H and O–H groups in total. The summed E-state index contributed by atoms with van der Waals surface area (Å²) in [6.07, 6.45) is 9.56. The van der Waals surface area contributed by atoms with E-state index in [1.807, 2.05) is 60.7 Å². The lowest BCUT2D eigenvalue weighted by Gasteiger charge is -2.16. The van der Waals surface area contributed by atoms with Crippen molar-refractivity contribution in [2.45, 2.75) is 26.7 Å². The third-order valence-corrected chi connectivity index (χ3v) is 6.43. The van der Waals surface area contributed by atoms with Gasteiger partial charge in [-0.3, -0.25) is 0 Å². The van der Waals surface area contributed by atoms with E-state index in [4.69, 9.17) is 37.9 Å².